The summed E-state index contributed by atoms with van der Waals surface area (Å²) >= 11 is 5.44. The van der Waals surface area contributed by atoms with Crippen LogP contribution in [0.15, 0.2) is 12.1 Å². The van der Waals surface area contributed by atoms with Crippen LogP contribution >= 0.6 is 11.6 Å². The number of hydrogen-bond donors (Lipinski definition) is 1. The van der Waals surface area contributed by atoms with Gasteiger partial charge in [-0.2, -0.15) is 0 Å². The van der Waals surface area contributed by atoms with E-state index in [0.29, 0.717) is 5.56 Å². The van der Waals surface area contributed by atoms with Crippen molar-refractivity contribution in [2.45, 2.75) is 6.54 Å². The van der Waals surface area contributed by atoms with Gasteiger partial charge in [0.25, 0.3) is 0 Å². The van der Waals surface area contributed by atoms with Gasteiger partial charge in [0.05, 0.1) is 5.02 Å². The fourth-order valence-electron chi connectivity index (χ4n) is 0.645. The van der Waals surface area contributed by atoms with Crippen LogP contribution in [-0.2, 0) is 6.54 Å². The van der Waals surface area contributed by atoms with Crippen molar-refractivity contribution in [3.05, 3.63) is 34.6 Å². The Hall–Kier alpha value is -0.600. The number of rotatable bonds is 1. The van der Waals surface area contributed by atoms with Gasteiger partial charge in [0, 0.05) is 12.1 Å². The van der Waals surface area contributed by atoms with Gasteiger partial charge in [-0.15, -0.1) is 0 Å². The minimum atomic E-state index is -0.466. The molecule has 1 nitrogen and oxygen atoms in total. The maximum Gasteiger partial charge on any atom is 0.146 e. The molecule has 0 bridgehead atoms. The van der Waals surface area contributed by atoms with E-state index in [-0.39, 0.29) is 11.6 Å². The Morgan fingerprint density at radius 2 is 2.40 bits per heavy atom. The number of halogens is 2. The zero-order valence-electron chi connectivity index (χ0n) is 5.20. The van der Waals surface area contributed by atoms with E-state index in [4.69, 9.17) is 17.3 Å². The van der Waals surface area contributed by atoms with E-state index >= 15 is 0 Å². The van der Waals surface area contributed by atoms with Crippen LogP contribution in [0.2, 0.25) is 5.02 Å². The lowest BCUT2D eigenvalue weighted by molar-refractivity contribution is 0.610. The summed E-state index contributed by atoms with van der Waals surface area (Å²) in [5.74, 6) is -0.466. The summed E-state index contributed by atoms with van der Waals surface area (Å²) in [7, 11) is 0. The molecular formula is C7H6ClFN. The summed E-state index contributed by atoms with van der Waals surface area (Å²) in [6.45, 7) is 0.131. The fourth-order valence-corrected chi connectivity index (χ4v) is 0.822. The Kier molecular flexibility index (Phi) is 2.25. The van der Waals surface area contributed by atoms with E-state index in [2.05, 4.69) is 6.07 Å². The lowest BCUT2D eigenvalue weighted by Gasteiger charge is -1.98. The highest BCUT2D eigenvalue weighted by molar-refractivity contribution is 6.30. The summed E-state index contributed by atoms with van der Waals surface area (Å²) in [6, 6.07) is 5.63. The van der Waals surface area contributed by atoms with Crippen molar-refractivity contribution in [3.63, 3.8) is 0 Å². The maximum atomic E-state index is 12.8. The molecule has 0 spiro atoms. The first-order valence-corrected chi connectivity index (χ1v) is 3.18. The second kappa shape index (κ2) is 2.99. The zero-order chi connectivity index (χ0) is 7.56. The Morgan fingerprint density at radius 3 is 2.90 bits per heavy atom. The number of hydrogen-bond acceptors (Lipinski definition) is 1. The Balaban J connectivity index is 3.14. The van der Waals surface area contributed by atoms with Crippen LogP contribution in [-0.4, -0.2) is 0 Å². The molecule has 0 heterocycles. The topological polar surface area (TPSA) is 26.0 Å². The molecule has 0 amide bonds. The first-order chi connectivity index (χ1) is 4.75. The lowest BCUT2D eigenvalue weighted by atomic mass is 10.2. The molecule has 0 atom stereocenters. The van der Waals surface area contributed by atoms with E-state index < -0.39 is 5.82 Å². The van der Waals surface area contributed by atoms with E-state index in [1.165, 1.54) is 6.07 Å². The molecule has 1 aromatic rings. The largest absolute Gasteiger partial charge is 0.326 e. The van der Waals surface area contributed by atoms with Gasteiger partial charge in [0.2, 0.25) is 0 Å². The first kappa shape index (κ1) is 7.51. The summed E-state index contributed by atoms with van der Waals surface area (Å²) in [6.07, 6.45) is 0. The zero-order valence-corrected chi connectivity index (χ0v) is 5.95. The minimum Gasteiger partial charge on any atom is -0.326 e. The molecule has 10 heavy (non-hydrogen) atoms. The van der Waals surface area contributed by atoms with E-state index in [9.17, 15) is 4.39 Å². The first-order valence-electron chi connectivity index (χ1n) is 2.80. The summed E-state index contributed by atoms with van der Waals surface area (Å²) in [5, 5.41) is 0.0965. The molecule has 0 unspecified atom stereocenters. The van der Waals surface area contributed by atoms with Crippen LogP contribution in [0, 0.1) is 11.9 Å². The van der Waals surface area contributed by atoms with Gasteiger partial charge < -0.3 is 5.73 Å². The SMILES string of the molecule is NCc1[c]ccc(Cl)c1F. The molecule has 53 valence electrons. The third kappa shape index (κ3) is 1.28. The molecule has 0 aliphatic heterocycles. The summed E-state index contributed by atoms with van der Waals surface area (Å²) < 4.78 is 12.8. The van der Waals surface area contributed by atoms with Crippen molar-refractivity contribution in [2.24, 2.45) is 5.73 Å². The standard InChI is InChI=1S/C7H6ClFN/c8-6-3-1-2-5(4-10)7(6)9/h1,3H,4,10H2. The summed E-state index contributed by atoms with van der Waals surface area (Å²) in [4.78, 5) is 0. The van der Waals surface area contributed by atoms with Crippen molar-refractivity contribution in [1.29, 1.82) is 0 Å². The smallest absolute Gasteiger partial charge is 0.146 e. The molecule has 2 N–H and O–H groups in total. The monoisotopic (exact) mass is 158 g/mol. The normalized spacial score (nSPS) is 9.90. The van der Waals surface area contributed by atoms with Crippen LogP contribution in [0.4, 0.5) is 4.39 Å². The van der Waals surface area contributed by atoms with Crippen molar-refractivity contribution in [1.82, 2.24) is 0 Å². The van der Waals surface area contributed by atoms with Gasteiger partial charge in [-0.25, -0.2) is 4.39 Å². The van der Waals surface area contributed by atoms with Crippen molar-refractivity contribution < 1.29 is 4.39 Å². The van der Waals surface area contributed by atoms with E-state index in [1.807, 2.05) is 0 Å². The number of nitrogens with two attached hydrogens (primary N) is 1. The molecule has 0 aliphatic rings. The van der Waals surface area contributed by atoms with Gasteiger partial charge in [-0.05, 0) is 12.1 Å². The van der Waals surface area contributed by atoms with Crippen molar-refractivity contribution in [3.8, 4) is 0 Å². The average Bonchev–Trinajstić information content (AvgIpc) is 1.95. The van der Waals surface area contributed by atoms with Crippen LogP contribution in [0.1, 0.15) is 5.56 Å². The van der Waals surface area contributed by atoms with Gasteiger partial charge in [0.15, 0.2) is 0 Å². The quantitative estimate of drug-likeness (QED) is 0.662. The fraction of sp³-hybridized carbons (Fsp3) is 0.143. The lowest BCUT2D eigenvalue weighted by Crippen LogP contribution is -1.99. The number of benzene rings is 1. The molecule has 0 saturated carbocycles. The molecule has 0 fully saturated rings. The molecule has 0 saturated heterocycles. The highest BCUT2D eigenvalue weighted by Gasteiger charge is 2.02. The Morgan fingerprint density at radius 1 is 1.70 bits per heavy atom. The Labute approximate surface area is 63.6 Å². The van der Waals surface area contributed by atoms with Gasteiger partial charge in [-0.3, -0.25) is 0 Å². The molecule has 3 heteroatoms. The minimum absolute atomic E-state index is 0.0965. The van der Waals surface area contributed by atoms with Gasteiger partial charge in [0.1, 0.15) is 5.82 Å². The molecule has 1 radical (unpaired) electrons. The third-order valence-corrected chi connectivity index (χ3v) is 1.46. The molecule has 1 aromatic carbocycles. The van der Waals surface area contributed by atoms with Gasteiger partial charge >= 0.3 is 0 Å². The van der Waals surface area contributed by atoms with Gasteiger partial charge in [-0.1, -0.05) is 17.7 Å². The second-order valence-corrected chi connectivity index (χ2v) is 2.23. The predicted molar refractivity (Wildman–Crippen MR) is 38.1 cm³/mol. The van der Waals surface area contributed by atoms with Crippen molar-refractivity contribution >= 4 is 11.6 Å². The highest BCUT2D eigenvalue weighted by Crippen LogP contribution is 2.16. The molecule has 0 aliphatic carbocycles. The second-order valence-electron chi connectivity index (χ2n) is 1.82. The maximum absolute atomic E-state index is 12.8. The summed E-state index contributed by atoms with van der Waals surface area (Å²) in [5.41, 5.74) is 5.52. The van der Waals surface area contributed by atoms with Crippen molar-refractivity contribution in [2.75, 3.05) is 0 Å². The van der Waals surface area contributed by atoms with Crippen LogP contribution in [0.5, 0.6) is 0 Å². The average molecular weight is 159 g/mol. The van der Waals surface area contributed by atoms with E-state index in [1.54, 1.807) is 6.07 Å². The third-order valence-electron chi connectivity index (χ3n) is 1.17. The van der Waals surface area contributed by atoms with E-state index in [0.717, 1.165) is 0 Å². The predicted octanol–water partition coefficient (Wildman–Crippen LogP) is 1.74. The highest BCUT2D eigenvalue weighted by atomic mass is 35.5. The van der Waals surface area contributed by atoms with Crippen LogP contribution in [0.3, 0.4) is 0 Å². The molecule has 0 aromatic heterocycles. The Bertz CT molecular complexity index is 237. The molecule has 1 rings (SSSR count). The van der Waals surface area contributed by atoms with Crippen LogP contribution < -0.4 is 5.73 Å². The van der Waals surface area contributed by atoms with Crippen LogP contribution in [0.25, 0.3) is 0 Å². The molecular weight excluding hydrogens is 153 g/mol.